The maximum atomic E-state index is 12.3. The summed E-state index contributed by atoms with van der Waals surface area (Å²) in [5.41, 5.74) is 0.784. The Hall–Kier alpha value is -1.55. The first kappa shape index (κ1) is 14.9. The lowest BCUT2D eigenvalue weighted by molar-refractivity contribution is -0.121. The van der Waals surface area contributed by atoms with Crippen molar-refractivity contribution in [3.63, 3.8) is 0 Å². The molecule has 0 aliphatic carbocycles. The van der Waals surface area contributed by atoms with E-state index in [1.165, 1.54) is 12.8 Å². The molecule has 20 heavy (non-hydrogen) atoms. The molecule has 1 fully saturated rings. The molecule has 4 nitrogen and oxygen atoms in total. The zero-order chi connectivity index (χ0) is 14.5. The summed E-state index contributed by atoms with van der Waals surface area (Å²) in [6.07, 6.45) is 2.35. The number of nitrogens with one attached hydrogen (secondary N) is 1. The van der Waals surface area contributed by atoms with Gasteiger partial charge in [-0.25, -0.2) is 0 Å². The van der Waals surface area contributed by atoms with Gasteiger partial charge in [-0.15, -0.1) is 0 Å². The maximum absolute atomic E-state index is 12.3. The molecular weight excluding hydrogens is 252 g/mol. The monoisotopic (exact) mass is 276 g/mol. The maximum Gasteiger partial charge on any atom is 0.241 e. The van der Waals surface area contributed by atoms with Gasteiger partial charge >= 0.3 is 0 Å². The average Bonchev–Trinajstić information content (AvgIpc) is 2.47. The Morgan fingerprint density at radius 3 is 2.75 bits per heavy atom. The Kier molecular flexibility index (Phi) is 5.01. The van der Waals surface area contributed by atoms with E-state index >= 15 is 0 Å². The van der Waals surface area contributed by atoms with Crippen LogP contribution >= 0.6 is 0 Å². The molecule has 1 aliphatic heterocycles. The van der Waals surface area contributed by atoms with Crippen molar-refractivity contribution in [1.82, 2.24) is 4.90 Å². The molecule has 0 bridgehead atoms. The highest BCUT2D eigenvalue weighted by atomic mass is 16.5. The van der Waals surface area contributed by atoms with Gasteiger partial charge in [-0.1, -0.05) is 13.0 Å². The van der Waals surface area contributed by atoms with Gasteiger partial charge < -0.3 is 10.1 Å². The van der Waals surface area contributed by atoms with Gasteiger partial charge in [0, 0.05) is 11.8 Å². The Balaban J connectivity index is 1.93. The van der Waals surface area contributed by atoms with Crippen LogP contribution in [0.3, 0.4) is 0 Å². The third-order valence-electron chi connectivity index (χ3n) is 4.08. The molecular formula is C16H24N2O2. The van der Waals surface area contributed by atoms with Gasteiger partial charge in [0.05, 0.1) is 13.2 Å². The van der Waals surface area contributed by atoms with Crippen molar-refractivity contribution in [3.8, 4) is 5.75 Å². The minimum atomic E-state index is -0.0892. The lowest BCUT2D eigenvalue weighted by Crippen LogP contribution is -2.45. The Morgan fingerprint density at radius 1 is 1.40 bits per heavy atom. The summed E-state index contributed by atoms with van der Waals surface area (Å²) in [5.74, 6) is 1.58. The van der Waals surface area contributed by atoms with Gasteiger partial charge in [0.1, 0.15) is 5.75 Å². The lowest BCUT2D eigenvalue weighted by atomic mass is 9.98. The minimum absolute atomic E-state index is 0.0489. The quantitative estimate of drug-likeness (QED) is 0.919. The molecule has 1 aromatic rings. The van der Waals surface area contributed by atoms with Crippen molar-refractivity contribution < 1.29 is 9.53 Å². The number of hydrogen-bond donors (Lipinski definition) is 1. The van der Waals surface area contributed by atoms with Gasteiger partial charge in [-0.3, -0.25) is 9.69 Å². The lowest BCUT2D eigenvalue weighted by Gasteiger charge is -2.34. The second kappa shape index (κ2) is 6.75. The summed E-state index contributed by atoms with van der Waals surface area (Å²) in [5, 5.41) is 2.96. The van der Waals surface area contributed by atoms with E-state index in [1.807, 2.05) is 31.2 Å². The van der Waals surface area contributed by atoms with Crippen LogP contribution in [-0.4, -0.2) is 37.0 Å². The molecule has 1 heterocycles. The summed E-state index contributed by atoms with van der Waals surface area (Å²) in [6.45, 7) is 6.27. The van der Waals surface area contributed by atoms with Gasteiger partial charge in [-0.2, -0.15) is 0 Å². The summed E-state index contributed by atoms with van der Waals surface area (Å²) in [6, 6.07) is 7.37. The van der Waals surface area contributed by atoms with E-state index in [0.29, 0.717) is 0 Å². The van der Waals surface area contributed by atoms with Crippen molar-refractivity contribution >= 4 is 11.6 Å². The highest BCUT2D eigenvalue weighted by Gasteiger charge is 2.25. The molecule has 0 unspecified atom stereocenters. The first-order chi connectivity index (χ1) is 9.60. The molecule has 1 atom stereocenters. The molecule has 110 valence electrons. The van der Waals surface area contributed by atoms with Crippen LogP contribution in [0.15, 0.2) is 24.3 Å². The summed E-state index contributed by atoms with van der Waals surface area (Å²) in [7, 11) is 1.62. The van der Waals surface area contributed by atoms with Crippen LogP contribution in [-0.2, 0) is 4.79 Å². The largest absolute Gasteiger partial charge is 0.497 e. The molecule has 4 heteroatoms. The number of carbonyl (C=O) groups is 1. The Labute approximate surface area is 121 Å². The second-order valence-electron chi connectivity index (χ2n) is 5.62. The van der Waals surface area contributed by atoms with Crippen molar-refractivity contribution in [2.24, 2.45) is 5.92 Å². The number of anilines is 1. The van der Waals surface area contributed by atoms with Crippen LogP contribution in [0.4, 0.5) is 5.69 Å². The minimum Gasteiger partial charge on any atom is -0.497 e. The summed E-state index contributed by atoms with van der Waals surface area (Å²) >= 11 is 0. The second-order valence-corrected chi connectivity index (χ2v) is 5.62. The number of rotatable bonds is 4. The predicted molar refractivity (Wildman–Crippen MR) is 81.1 cm³/mol. The first-order valence-corrected chi connectivity index (χ1v) is 7.29. The summed E-state index contributed by atoms with van der Waals surface area (Å²) < 4.78 is 5.16. The van der Waals surface area contributed by atoms with Gasteiger partial charge in [0.2, 0.25) is 5.91 Å². The molecule has 1 N–H and O–H groups in total. The first-order valence-electron chi connectivity index (χ1n) is 7.29. The van der Waals surface area contributed by atoms with Gasteiger partial charge in [-0.05, 0) is 50.9 Å². The number of likely N-dealkylation sites (tertiary alicyclic amines) is 1. The van der Waals surface area contributed by atoms with Crippen LogP contribution in [0, 0.1) is 5.92 Å². The van der Waals surface area contributed by atoms with Crippen molar-refractivity contribution in [1.29, 1.82) is 0 Å². The molecule has 2 rings (SSSR count). The van der Waals surface area contributed by atoms with E-state index in [2.05, 4.69) is 17.1 Å². The van der Waals surface area contributed by atoms with Crippen molar-refractivity contribution in [2.75, 3.05) is 25.5 Å². The molecule has 1 amide bonds. The number of amides is 1. The van der Waals surface area contributed by atoms with Crippen LogP contribution in [0.25, 0.3) is 0 Å². The van der Waals surface area contributed by atoms with Crippen LogP contribution < -0.4 is 10.1 Å². The van der Waals surface area contributed by atoms with E-state index in [0.717, 1.165) is 30.4 Å². The molecule has 0 saturated carbocycles. The van der Waals surface area contributed by atoms with E-state index < -0.39 is 0 Å². The number of benzene rings is 1. The van der Waals surface area contributed by atoms with Gasteiger partial charge in [0.25, 0.3) is 0 Å². The molecule has 0 spiro atoms. The predicted octanol–water partition coefficient (Wildman–Crippen LogP) is 2.75. The van der Waals surface area contributed by atoms with E-state index in [-0.39, 0.29) is 11.9 Å². The number of hydrogen-bond acceptors (Lipinski definition) is 3. The zero-order valence-corrected chi connectivity index (χ0v) is 12.6. The third-order valence-corrected chi connectivity index (χ3v) is 4.08. The van der Waals surface area contributed by atoms with Crippen LogP contribution in [0.5, 0.6) is 5.75 Å². The normalized spacial score (nSPS) is 18.6. The SMILES string of the molecule is COc1cccc(NC(=O)[C@@H](C)N2CCC(C)CC2)c1. The molecule has 0 radical (unpaired) electrons. The Morgan fingerprint density at radius 2 is 2.10 bits per heavy atom. The van der Waals surface area contributed by atoms with Crippen molar-refractivity contribution in [3.05, 3.63) is 24.3 Å². The van der Waals surface area contributed by atoms with Crippen molar-refractivity contribution in [2.45, 2.75) is 32.7 Å². The highest BCUT2D eigenvalue weighted by Crippen LogP contribution is 2.20. The summed E-state index contributed by atoms with van der Waals surface area (Å²) in [4.78, 5) is 14.6. The smallest absolute Gasteiger partial charge is 0.241 e. The fraction of sp³-hybridized carbons (Fsp3) is 0.562. The fourth-order valence-corrected chi connectivity index (χ4v) is 2.53. The third kappa shape index (κ3) is 3.73. The molecule has 1 aromatic carbocycles. The number of ether oxygens (including phenoxy) is 1. The van der Waals surface area contributed by atoms with E-state index in [1.54, 1.807) is 7.11 Å². The van der Waals surface area contributed by atoms with E-state index in [4.69, 9.17) is 4.74 Å². The number of piperidine rings is 1. The molecule has 0 aromatic heterocycles. The average molecular weight is 276 g/mol. The Bertz CT molecular complexity index is 454. The number of methoxy groups -OCH3 is 1. The van der Waals surface area contributed by atoms with Crippen LogP contribution in [0.2, 0.25) is 0 Å². The van der Waals surface area contributed by atoms with E-state index in [9.17, 15) is 4.79 Å². The van der Waals surface area contributed by atoms with Gasteiger partial charge in [0.15, 0.2) is 0 Å². The highest BCUT2D eigenvalue weighted by molar-refractivity contribution is 5.94. The van der Waals surface area contributed by atoms with Crippen LogP contribution in [0.1, 0.15) is 26.7 Å². The molecule has 1 aliphatic rings. The number of carbonyl (C=O) groups excluding carboxylic acids is 1. The number of nitrogens with zero attached hydrogens (tertiary/aromatic N) is 1. The zero-order valence-electron chi connectivity index (χ0n) is 12.6. The fourth-order valence-electron chi connectivity index (χ4n) is 2.53. The standard InChI is InChI=1S/C16H24N2O2/c1-12-7-9-18(10-8-12)13(2)16(19)17-14-5-4-6-15(11-14)20-3/h4-6,11-13H,7-10H2,1-3H3,(H,17,19)/t13-/m1/s1. The topological polar surface area (TPSA) is 41.6 Å². The molecule has 1 saturated heterocycles.